The van der Waals surface area contributed by atoms with Gasteiger partial charge >= 0.3 is 0 Å². The number of ether oxygens (including phenoxy) is 1. The molecule has 108 valence electrons. The van der Waals surface area contributed by atoms with E-state index in [9.17, 15) is 0 Å². The van der Waals surface area contributed by atoms with E-state index in [1.807, 2.05) is 20.8 Å². The van der Waals surface area contributed by atoms with E-state index < -0.39 is 0 Å². The van der Waals surface area contributed by atoms with Crippen molar-refractivity contribution in [2.24, 2.45) is 0 Å². The average molecular weight is 271 g/mol. The van der Waals surface area contributed by atoms with Crippen LogP contribution >= 0.6 is 0 Å². The summed E-state index contributed by atoms with van der Waals surface area (Å²) >= 11 is 0. The summed E-state index contributed by atoms with van der Waals surface area (Å²) in [6.07, 6.45) is 7.04. The topological polar surface area (TPSA) is 34.1 Å². The highest BCUT2D eigenvalue weighted by Crippen LogP contribution is 2.18. The third kappa shape index (κ3) is 4.47. The Labute approximate surface area is 122 Å². The number of rotatable bonds is 4. The molecule has 0 aliphatic rings. The minimum atomic E-state index is 0. The molecule has 0 fully saturated rings. The highest BCUT2D eigenvalue weighted by Gasteiger charge is 2.05. The van der Waals surface area contributed by atoms with Gasteiger partial charge in [0, 0.05) is 11.5 Å². The van der Waals surface area contributed by atoms with E-state index in [-0.39, 0.29) is 7.43 Å². The lowest BCUT2D eigenvalue weighted by Crippen LogP contribution is -2.06. The summed E-state index contributed by atoms with van der Waals surface area (Å²) in [5, 5.41) is 3.04. The summed E-state index contributed by atoms with van der Waals surface area (Å²) in [4.78, 5) is 4.46. The second-order valence-electron chi connectivity index (χ2n) is 4.51. The summed E-state index contributed by atoms with van der Waals surface area (Å²) in [6, 6.07) is 2.07. The van der Waals surface area contributed by atoms with E-state index >= 15 is 0 Å². The summed E-state index contributed by atoms with van der Waals surface area (Å²) in [7, 11) is 0. The number of hydrogen-bond acceptors (Lipinski definition) is 3. The highest BCUT2D eigenvalue weighted by molar-refractivity contribution is 5.49. The molecule has 0 amide bonds. The van der Waals surface area contributed by atoms with E-state index in [0.717, 1.165) is 22.6 Å². The van der Waals surface area contributed by atoms with Crippen LogP contribution in [0.5, 0.6) is 0 Å². The Morgan fingerprint density at radius 1 is 1.30 bits per heavy atom. The van der Waals surface area contributed by atoms with Gasteiger partial charge in [-0.05, 0) is 45.4 Å². The van der Waals surface area contributed by atoms with Gasteiger partial charge in [0.05, 0.1) is 0 Å². The molecule has 0 aliphatic heterocycles. The number of aryl methyl sites for hydroxylation is 3. The maximum Gasteiger partial charge on any atom is 0.188 e. The summed E-state index contributed by atoms with van der Waals surface area (Å²) in [6.45, 7) is 13.3. The van der Waals surface area contributed by atoms with Gasteiger partial charge in [-0.3, -0.25) is 5.92 Å². The van der Waals surface area contributed by atoms with Crippen LogP contribution in [0.15, 0.2) is 29.9 Å². The lowest BCUT2D eigenvalue weighted by atomic mass is 10.1. The molecule has 1 heterocycles. The van der Waals surface area contributed by atoms with Crippen LogP contribution in [-0.4, -0.2) is 4.98 Å². The third-order valence-electron chi connectivity index (χ3n) is 2.91. The van der Waals surface area contributed by atoms with Gasteiger partial charge in [-0.25, -0.2) is 4.98 Å². The van der Waals surface area contributed by atoms with Gasteiger partial charge in [-0.1, -0.05) is 20.4 Å². The molecule has 0 radical (unpaired) electrons. The molecular formula is C17H23N2O-. The van der Waals surface area contributed by atoms with Crippen molar-refractivity contribution in [2.45, 2.75) is 42.0 Å². The van der Waals surface area contributed by atoms with Gasteiger partial charge in [0.25, 0.3) is 0 Å². The van der Waals surface area contributed by atoms with Crippen molar-refractivity contribution < 1.29 is 4.74 Å². The minimum absolute atomic E-state index is 0. The second kappa shape index (κ2) is 7.40. The molecule has 0 aliphatic carbocycles. The monoisotopic (exact) mass is 271 g/mol. The van der Waals surface area contributed by atoms with Crippen LogP contribution in [0, 0.1) is 33.1 Å². The van der Waals surface area contributed by atoms with Gasteiger partial charge in [0.1, 0.15) is 5.82 Å². The van der Waals surface area contributed by atoms with Crippen molar-refractivity contribution in [3.63, 3.8) is 0 Å². The molecule has 0 atom stereocenters. The Morgan fingerprint density at radius 3 is 2.45 bits per heavy atom. The standard InChI is InChI=1S/C16H19N2O.CH4/c1-8-10(2)14(6)19-15(7)18-16-12(4)9-11(3)13(5)17-16;/h9H,7H2,2-6H3,(H,17,18);1H4/q-1;/b14-10-;. The number of nitrogens with one attached hydrogen (secondary N) is 1. The lowest BCUT2D eigenvalue weighted by Gasteiger charge is -2.16. The van der Waals surface area contributed by atoms with Crippen LogP contribution in [0.25, 0.3) is 0 Å². The van der Waals surface area contributed by atoms with E-state index in [0.29, 0.717) is 17.2 Å². The summed E-state index contributed by atoms with van der Waals surface area (Å²) in [5.41, 5.74) is 3.79. The average Bonchev–Trinajstić information content (AvgIpc) is 2.34. The Hall–Kier alpha value is -2.21. The number of allylic oxidation sites excluding steroid dienone is 2. The SMILES string of the molecule is C.[C-]#C/C(C)=C(/C)OC(=C)Nc1nc(C)c(C)cc1C. The number of aromatic nitrogens is 1. The fourth-order valence-corrected chi connectivity index (χ4v) is 1.48. The molecule has 0 unspecified atom stereocenters. The second-order valence-corrected chi connectivity index (χ2v) is 4.51. The predicted octanol–water partition coefficient (Wildman–Crippen LogP) is 4.43. The first-order valence-corrected chi connectivity index (χ1v) is 6.04. The van der Waals surface area contributed by atoms with E-state index in [1.165, 1.54) is 0 Å². The zero-order chi connectivity index (χ0) is 14.6. The number of anilines is 1. The van der Waals surface area contributed by atoms with Crippen LogP contribution < -0.4 is 5.32 Å². The Balaban J connectivity index is 0.00000361. The Morgan fingerprint density at radius 2 is 1.90 bits per heavy atom. The van der Waals surface area contributed by atoms with Gasteiger partial charge in [0.15, 0.2) is 5.88 Å². The molecule has 3 nitrogen and oxygen atoms in total. The molecular weight excluding hydrogens is 248 g/mol. The van der Waals surface area contributed by atoms with Crippen LogP contribution in [-0.2, 0) is 4.74 Å². The molecule has 0 saturated heterocycles. The molecule has 1 aromatic heterocycles. The Kier molecular flexibility index (Phi) is 6.58. The quantitative estimate of drug-likeness (QED) is 0.500. The summed E-state index contributed by atoms with van der Waals surface area (Å²) < 4.78 is 5.48. The van der Waals surface area contributed by atoms with E-state index in [4.69, 9.17) is 11.2 Å². The van der Waals surface area contributed by atoms with Crippen molar-refractivity contribution >= 4 is 5.82 Å². The first-order chi connectivity index (χ1) is 8.85. The van der Waals surface area contributed by atoms with Gasteiger partial charge < -0.3 is 16.5 Å². The minimum Gasteiger partial charge on any atom is -0.464 e. The maximum absolute atomic E-state index is 7.04. The molecule has 0 spiro atoms. The van der Waals surface area contributed by atoms with E-state index in [2.05, 4.69) is 28.9 Å². The molecule has 0 bridgehead atoms. The van der Waals surface area contributed by atoms with Crippen LogP contribution in [0.2, 0.25) is 0 Å². The fourth-order valence-electron chi connectivity index (χ4n) is 1.48. The highest BCUT2D eigenvalue weighted by atomic mass is 16.5. The van der Waals surface area contributed by atoms with Gasteiger partial charge in [0.2, 0.25) is 0 Å². The molecule has 20 heavy (non-hydrogen) atoms. The van der Waals surface area contributed by atoms with Crippen molar-refractivity contribution in [3.05, 3.63) is 53.1 Å². The molecule has 1 rings (SSSR count). The zero-order valence-corrected chi connectivity index (χ0v) is 12.1. The van der Waals surface area contributed by atoms with Crippen LogP contribution in [0.4, 0.5) is 5.82 Å². The van der Waals surface area contributed by atoms with Gasteiger partial charge in [-0.15, -0.1) is 5.57 Å². The summed E-state index contributed by atoms with van der Waals surface area (Å²) in [5.74, 6) is 3.99. The number of pyridine rings is 1. The Bertz CT molecular complexity index is 577. The van der Waals surface area contributed by atoms with Crippen molar-refractivity contribution in [1.82, 2.24) is 4.98 Å². The number of hydrogen-bond donors (Lipinski definition) is 1. The molecule has 0 aromatic carbocycles. The predicted molar refractivity (Wildman–Crippen MR) is 84.5 cm³/mol. The first-order valence-electron chi connectivity index (χ1n) is 6.04. The zero-order valence-electron chi connectivity index (χ0n) is 12.1. The molecule has 1 N–H and O–H groups in total. The third-order valence-corrected chi connectivity index (χ3v) is 2.91. The molecule has 1 aromatic rings. The van der Waals surface area contributed by atoms with Crippen molar-refractivity contribution in [1.29, 1.82) is 0 Å². The van der Waals surface area contributed by atoms with Gasteiger partial charge in [-0.2, -0.15) is 0 Å². The first kappa shape index (κ1) is 17.8. The largest absolute Gasteiger partial charge is 0.464 e. The number of nitrogens with zero attached hydrogens (tertiary/aromatic N) is 1. The van der Waals surface area contributed by atoms with Crippen molar-refractivity contribution in [2.75, 3.05) is 5.32 Å². The molecule has 3 heteroatoms. The fraction of sp³-hybridized carbons (Fsp3) is 0.353. The lowest BCUT2D eigenvalue weighted by molar-refractivity contribution is 0.311. The van der Waals surface area contributed by atoms with Crippen LogP contribution in [0.1, 0.15) is 38.1 Å². The normalized spacial score (nSPS) is 10.8. The maximum atomic E-state index is 7.04. The molecule has 0 saturated carbocycles. The van der Waals surface area contributed by atoms with Crippen molar-refractivity contribution in [3.8, 4) is 5.92 Å². The van der Waals surface area contributed by atoms with Crippen LogP contribution in [0.3, 0.4) is 0 Å². The smallest absolute Gasteiger partial charge is 0.188 e. The van der Waals surface area contributed by atoms with E-state index in [1.54, 1.807) is 13.8 Å².